The molecule has 0 aliphatic carbocycles. The summed E-state index contributed by atoms with van der Waals surface area (Å²) in [5, 5.41) is 2.94. The molecule has 16 heavy (non-hydrogen) atoms. The van der Waals surface area contributed by atoms with Crippen LogP contribution in [-0.2, 0) is 0 Å². The van der Waals surface area contributed by atoms with Crippen molar-refractivity contribution in [2.24, 2.45) is 0 Å². The van der Waals surface area contributed by atoms with Gasteiger partial charge in [-0.15, -0.1) is 11.3 Å². The van der Waals surface area contributed by atoms with E-state index >= 15 is 0 Å². The number of thiophene rings is 1. The molecule has 0 atom stereocenters. The van der Waals surface area contributed by atoms with E-state index in [-0.39, 0.29) is 5.78 Å². The first-order valence-corrected chi connectivity index (χ1v) is 6.27. The lowest BCUT2D eigenvalue weighted by Crippen LogP contribution is -2.01. The third kappa shape index (κ3) is 2.14. The van der Waals surface area contributed by atoms with Crippen molar-refractivity contribution in [3.63, 3.8) is 0 Å². The molecule has 82 valence electrons. The average molecular weight is 271 g/mol. The number of carbonyl (C=O) groups excluding carboxylic acids is 1. The van der Waals surface area contributed by atoms with Crippen molar-refractivity contribution in [2.75, 3.05) is 0 Å². The molecule has 0 bridgehead atoms. The van der Waals surface area contributed by atoms with Gasteiger partial charge >= 0.3 is 0 Å². The minimum Gasteiger partial charge on any atom is -0.288 e. The first kappa shape index (κ1) is 11.6. The summed E-state index contributed by atoms with van der Waals surface area (Å²) < 4.78 is 0. The molecular formula is C12H8Cl2OS. The van der Waals surface area contributed by atoms with Crippen molar-refractivity contribution >= 4 is 40.3 Å². The van der Waals surface area contributed by atoms with Crippen molar-refractivity contribution in [1.82, 2.24) is 0 Å². The van der Waals surface area contributed by atoms with Gasteiger partial charge in [0.1, 0.15) is 0 Å². The summed E-state index contributed by atoms with van der Waals surface area (Å²) >= 11 is 13.1. The maximum absolute atomic E-state index is 12.1. The standard InChI is InChI=1S/C12H8Cl2OS/c1-7-6-8(13)2-3-9(7)11(15)12-10(14)4-5-16-12/h2-6H,1H3. The molecule has 1 aromatic carbocycles. The van der Waals surface area contributed by atoms with Gasteiger partial charge in [0.15, 0.2) is 0 Å². The monoisotopic (exact) mass is 270 g/mol. The number of aryl methyl sites for hydroxylation is 1. The molecule has 0 spiro atoms. The Morgan fingerprint density at radius 1 is 1.25 bits per heavy atom. The fraction of sp³-hybridized carbons (Fsp3) is 0.0833. The Morgan fingerprint density at radius 3 is 2.56 bits per heavy atom. The fourth-order valence-electron chi connectivity index (χ4n) is 1.46. The van der Waals surface area contributed by atoms with Gasteiger partial charge < -0.3 is 0 Å². The predicted molar refractivity (Wildman–Crippen MR) is 69.0 cm³/mol. The number of halogens is 2. The lowest BCUT2D eigenvalue weighted by atomic mass is 10.0. The van der Waals surface area contributed by atoms with Crippen LogP contribution in [0.15, 0.2) is 29.6 Å². The molecule has 0 unspecified atom stereocenters. The number of rotatable bonds is 2. The molecule has 0 radical (unpaired) electrons. The van der Waals surface area contributed by atoms with Crippen molar-refractivity contribution in [2.45, 2.75) is 6.92 Å². The zero-order chi connectivity index (χ0) is 11.7. The molecule has 0 amide bonds. The zero-order valence-electron chi connectivity index (χ0n) is 8.46. The highest BCUT2D eigenvalue weighted by molar-refractivity contribution is 7.13. The van der Waals surface area contributed by atoms with Gasteiger partial charge in [-0.25, -0.2) is 0 Å². The largest absolute Gasteiger partial charge is 0.288 e. The highest BCUT2D eigenvalue weighted by Gasteiger charge is 2.16. The van der Waals surface area contributed by atoms with Crippen LogP contribution in [-0.4, -0.2) is 5.78 Å². The SMILES string of the molecule is Cc1cc(Cl)ccc1C(=O)c1sccc1Cl. The lowest BCUT2D eigenvalue weighted by molar-refractivity contribution is 0.104. The fourth-order valence-corrected chi connectivity index (χ4v) is 2.78. The third-order valence-corrected chi connectivity index (χ3v) is 3.83. The van der Waals surface area contributed by atoms with Gasteiger partial charge in [-0.3, -0.25) is 4.79 Å². The second-order valence-electron chi connectivity index (χ2n) is 3.39. The Labute approximate surface area is 108 Å². The van der Waals surface area contributed by atoms with Gasteiger partial charge in [-0.2, -0.15) is 0 Å². The highest BCUT2D eigenvalue weighted by Crippen LogP contribution is 2.26. The molecular weight excluding hydrogens is 263 g/mol. The quantitative estimate of drug-likeness (QED) is 0.730. The molecule has 0 saturated heterocycles. The van der Waals surface area contributed by atoms with E-state index in [1.54, 1.807) is 29.6 Å². The summed E-state index contributed by atoms with van der Waals surface area (Å²) in [6, 6.07) is 6.94. The topological polar surface area (TPSA) is 17.1 Å². The van der Waals surface area contributed by atoms with Gasteiger partial charge in [0, 0.05) is 10.6 Å². The normalized spacial score (nSPS) is 10.4. The van der Waals surface area contributed by atoms with Crippen LogP contribution in [0.3, 0.4) is 0 Å². The Hall–Kier alpha value is -0.830. The van der Waals surface area contributed by atoms with E-state index in [0.29, 0.717) is 20.5 Å². The predicted octanol–water partition coefficient (Wildman–Crippen LogP) is 4.59. The Balaban J connectivity index is 2.46. The van der Waals surface area contributed by atoms with Crippen molar-refractivity contribution in [3.05, 3.63) is 55.7 Å². The highest BCUT2D eigenvalue weighted by atomic mass is 35.5. The molecule has 1 aromatic heterocycles. The summed E-state index contributed by atoms with van der Waals surface area (Å²) in [6.45, 7) is 1.86. The first-order chi connectivity index (χ1) is 7.59. The van der Waals surface area contributed by atoms with Gasteiger partial charge in [-0.1, -0.05) is 23.2 Å². The first-order valence-electron chi connectivity index (χ1n) is 4.63. The molecule has 4 heteroatoms. The van der Waals surface area contributed by atoms with Crippen LogP contribution in [0, 0.1) is 6.92 Å². The zero-order valence-corrected chi connectivity index (χ0v) is 10.8. The Kier molecular flexibility index (Phi) is 3.33. The van der Waals surface area contributed by atoms with E-state index in [2.05, 4.69) is 0 Å². The van der Waals surface area contributed by atoms with Crippen molar-refractivity contribution in [1.29, 1.82) is 0 Å². The van der Waals surface area contributed by atoms with E-state index in [9.17, 15) is 4.79 Å². The number of ketones is 1. The van der Waals surface area contributed by atoms with Crippen molar-refractivity contribution in [3.8, 4) is 0 Å². The summed E-state index contributed by atoms with van der Waals surface area (Å²) in [7, 11) is 0. The van der Waals surface area contributed by atoms with Crippen LogP contribution in [0.2, 0.25) is 10.0 Å². The van der Waals surface area contributed by atoms with E-state index in [0.717, 1.165) is 5.56 Å². The number of benzene rings is 1. The minimum absolute atomic E-state index is 0.0471. The van der Waals surface area contributed by atoms with Crippen LogP contribution < -0.4 is 0 Å². The smallest absolute Gasteiger partial charge is 0.204 e. The molecule has 2 aromatic rings. The van der Waals surface area contributed by atoms with Crippen LogP contribution in [0.4, 0.5) is 0 Å². The number of hydrogen-bond acceptors (Lipinski definition) is 2. The third-order valence-electron chi connectivity index (χ3n) is 2.26. The lowest BCUT2D eigenvalue weighted by Gasteiger charge is -2.04. The minimum atomic E-state index is -0.0471. The van der Waals surface area contributed by atoms with E-state index in [1.807, 2.05) is 6.92 Å². The number of carbonyl (C=O) groups is 1. The maximum atomic E-state index is 12.1. The average Bonchev–Trinajstić information content (AvgIpc) is 2.63. The molecule has 0 fully saturated rings. The molecule has 1 heterocycles. The number of hydrogen-bond donors (Lipinski definition) is 0. The summed E-state index contributed by atoms with van der Waals surface area (Å²) in [5.74, 6) is -0.0471. The van der Waals surface area contributed by atoms with Gasteiger partial charge in [0.2, 0.25) is 5.78 Å². The van der Waals surface area contributed by atoms with Crippen LogP contribution in [0.5, 0.6) is 0 Å². The molecule has 0 aliphatic rings. The van der Waals surface area contributed by atoms with Crippen LogP contribution in [0.25, 0.3) is 0 Å². The molecule has 0 aliphatic heterocycles. The summed E-state index contributed by atoms with van der Waals surface area (Å²) in [6.07, 6.45) is 0. The second kappa shape index (κ2) is 4.58. The Bertz CT molecular complexity index is 546. The molecule has 2 rings (SSSR count). The van der Waals surface area contributed by atoms with E-state index < -0.39 is 0 Å². The van der Waals surface area contributed by atoms with Gasteiger partial charge in [0.25, 0.3) is 0 Å². The summed E-state index contributed by atoms with van der Waals surface area (Å²) in [5.41, 5.74) is 1.51. The van der Waals surface area contributed by atoms with Crippen LogP contribution in [0.1, 0.15) is 20.8 Å². The van der Waals surface area contributed by atoms with Gasteiger partial charge in [-0.05, 0) is 42.1 Å². The molecule has 1 nitrogen and oxygen atoms in total. The Morgan fingerprint density at radius 2 is 2.00 bits per heavy atom. The molecule has 0 saturated carbocycles. The molecule has 0 N–H and O–H groups in total. The van der Waals surface area contributed by atoms with Crippen molar-refractivity contribution < 1.29 is 4.79 Å². The maximum Gasteiger partial charge on any atom is 0.204 e. The second-order valence-corrected chi connectivity index (χ2v) is 5.15. The van der Waals surface area contributed by atoms with Crippen LogP contribution >= 0.6 is 34.5 Å². The van der Waals surface area contributed by atoms with Gasteiger partial charge in [0.05, 0.1) is 9.90 Å². The summed E-state index contributed by atoms with van der Waals surface area (Å²) in [4.78, 5) is 12.7. The van der Waals surface area contributed by atoms with E-state index in [1.165, 1.54) is 11.3 Å². The van der Waals surface area contributed by atoms with E-state index in [4.69, 9.17) is 23.2 Å².